The van der Waals surface area contributed by atoms with Gasteiger partial charge in [0, 0.05) is 57.1 Å². The Morgan fingerprint density at radius 1 is 1.10 bits per heavy atom. The van der Waals surface area contributed by atoms with E-state index in [9.17, 15) is 19.7 Å². The van der Waals surface area contributed by atoms with Gasteiger partial charge in [0.2, 0.25) is 0 Å². The molecule has 0 unspecified atom stereocenters. The van der Waals surface area contributed by atoms with Crippen LogP contribution < -0.4 is 4.74 Å². The topological polar surface area (TPSA) is 123 Å². The summed E-state index contributed by atoms with van der Waals surface area (Å²) in [5.74, 6) is -0.219. The van der Waals surface area contributed by atoms with Crippen molar-refractivity contribution in [3.05, 3.63) is 16.3 Å². The van der Waals surface area contributed by atoms with Gasteiger partial charge in [0.05, 0.1) is 6.54 Å². The zero-order valence-corrected chi connectivity index (χ0v) is 18.1. The Balaban J connectivity index is 1.26. The van der Waals surface area contributed by atoms with Crippen LogP contribution in [-0.2, 0) is 11.3 Å². The highest BCUT2D eigenvalue weighted by Crippen LogP contribution is 2.37. The lowest BCUT2D eigenvalue weighted by atomic mass is 9.91. The Labute approximate surface area is 179 Å². The van der Waals surface area contributed by atoms with Gasteiger partial charge >= 0.3 is 24.0 Å². The SMILES string of the molecule is CC(C)(C)OC(=O)N1CCN(C(=O)N2CCC3(CC2)Cn2cc([N+](=O)[O-])nc2O3)CC1. The molecule has 2 fully saturated rings. The lowest BCUT2D eigenvalue weighted by Gasteiger charge is -2.41. The minimum absolute atomic E-state index is 0.0370. The minimum atomic E-state index is -0.544. The maximum atomic E-state index is 12.9. The van der Waals surface area contributed by atoms with E-state index in [1.807, 2.05) is 20.8 Å². The molecule has 170 valence electrons. The van der Waals surface area contributed by atoms with Crippen molar-refractivity contribution in [2.45, 2.75) is 51.4 Å². The maximum Gasteiger partial charge on any atom is 0.415 e. The molecule has 31 heavy (non-hydrogen) atoms. The van der Waals surface area contributed by atoms with Crippen molar-refractivity contribution in [1.29, 1.82) is 0 Å². The average molecular weight is 436 g/mol. The lowest BCUT2D eigenvalue weighted by molar-refractivity contribution is -0.389. The van der Waals surface area contributed by atoms with E-state index >= 15 is 0 Å². The molecule has 0 aromatic carbocycles. The molecule has 0 aliphatic carbocycles. The van der Waals surface area contributed by atoms with E-state index in [2.05, 4.69) is 4.98 Å². The second kappa shape index (κ2) is 7.57. The number of urea groups is 1. The van der Waals surface area contributed by atoms with Gasteiger partial charge in [0.25, 0.3) is 0 Å². The van der Waals surface area contributed by atoms with Crippen LogP contribution in [0.3, 0.4) is 0 Å². The number of ether oxygens (including phenoxy) is 2. The van der Waals surface area contributed by atoms with Crippen LogP contribution in [0.5, 0.6) is 6.01 Å². The standard InChI is InChI=1S/C19H28N6O6/c1-18(2,3)31-17(27)23-10-8-22(9-11-23)16(26)21-6-4-19(5-7-21)13-24-12-14(25(28)29)20-15(24)30-19/h12H,4-11,13H2,1-3H3. The highest BCUT2D eigenvalue weighted by molar-refractivity contribution is 5.75. The Morgan fingerprint density at radius 2 is 1.68 bits per heavy atom. The first-order valence-electron chi connectivity index (χ1n) is 10.5. The second-order valence-corrected chi connectivity index (χ2v) is 9.28. The molecule has 1 aromatic rings. The van der Waals surface area contributed by atoms with E-state index < -0.39 is 16.1 Å². The third-order valence-corrected chi connectivity index (χ3v) is 5.83. The number of carbonyl (C=O) groups is 2. The number of aromatic nitrogens is 2. The van der Waals surface area contributed by atoms with Crippen molar-refractivity contribution in [3.63, 3.8) is 0 Å². The number of nitro groups is 1. The largest absolute Gasteiger partial charge is 0.444 e. The van der Waals surface area contributed by atoms with Crippen LogP contribution in [0.25, 0.3) is 0 Å². The molecule has 4 rings (SSSR count). The predicted octanol–water partition coefficient (Wildman–Crippen LogP) is 1.69. The zero-order chi connectivity index (χ0) is 22.4. The third-order valence-electron chi connectivity index (χ3n) is 5.83. The first kappa shape index (κ1) is 21.2. The van der Waals surface area contributed by atoms with Gasteiger partial charge in [-0.2, -0.15) is 0 Å². The molecular weight excluding hydrogens is 408 g/mol. The van der Waals surface area contributed by atoms with Gasteiger partial charge in [0.1, 0.15) is 17.4 Å². The molecule has 3 aliphatic rings. The third kappa shape index (κ3) is 4.37. The number of imidazole rings is 1. The first-order valence-corrected chi connectivity index (χ1v) is 10.5. The van der Waals surface area contributed by atoms with Crippen LogP contribution in [0.1, 0.15) is 33.6 Å². The van der Waals surface area contributed by atoms with Crippen LogP contribution in [0.4, 0.5) is 15.4 Å². The Bertz CT molecular complexity index is 851. The van der Waals surface area contributed by atoms with Crippen LogP contribution in [0.15, 0.2) is 6.20 Å². The van der Waals surface area contributed by atoms with Crippen molar-refractivity contribution in [3.8, 4) is 6.01 Å². The fourth-order valence-electron chi connectivity index (χ4n) is 4.18. The normalized spacial score (nSPS) is 20.4. The predicted molar refractivity (Wildman–Crippen MR) is 108 cm³/mol. The number of rotatable bonds is 1. The van der Waals surface area contributed by atoms with Crippen molar-refractivity contribution >= 4 is 17.9 Å². The number of piperidine rings is 1. The molecule has 3 aliphatic heterocycles. The van der Waals surface area contributed by atoms with Crippen molar-refractivity contribution in [2.75, 3.05) is 39.3 Å². The highest BCUT2D eigenvalue weighted by atomic mass is 16.6. The van der Waals surface area contributed by atoms with Gasteiger partial charge in [-0.05, 0) is 25.7 Å². The van der Waals surface area contributed by atoms with Gasteiger partial charge in [-0.3, -0.25) is 4.57 Å². The summed E-state index contributed by atoms with van der Waals surface area (Å²) in [7, 11) is 0. The molecule has 0 radical (unpaired) electrons. The first-order chi connectivity index (χ1) is 14.6. The van der Waals surface area contributed by atoms with Crippen LogP contribution >= 0.6 is 0 Å². The van der Waals surface area contributed by atoms with Gasteiger partial charge in [-0.15, -0.1) is 0 Å². The molecule has 0 N–H and O–H groups in total. The van der Waals surface area contributed by atoms with Crippen molar-refractivity contribution < 1.29 is 24.0 Å². The molecule has 12 nitrogen and oxygen atoms in total. The summed E-state index contributed by atoms with van der Waals surface area (Å²) in [5.41, 5.74) is -1.01. The molecule has 0 saturated carbocycles. The minimum Gasteiger partial charge on any atom is -0.444 e. The Morgan fingerprint density at radius 3 is 2.23 bits per heavy atom. The summed E-state index contributed by atoms with van der Waals surface area (Å²) in [6.45, 7) is 8.89. The summed E-state index contributed by atoms with van der Waals surface area (Å²) in [4.78, 5) is 44.6. The number of nitrogens with zero attached hydrogens (tertiary/aromatic N) is 6. The Hall–Kier alpha value is -3.05. The fourth-order valence-corrected chi connectivity index (χ4v) is 4.18. The van der Waals surface area contributed by atoms with E-state index in [0.29, 0.717) is 58.7 Å². The monoisotopic (exact) mass is 436 g/mol. The smallest absolute Gasteiger partial charge is 0.415 e. The number of fused-ring (bicyclic) bond motifs is 1. The van der Waals surface area contributed by atoms with E-state index in [1.165, 1.54) is 6.20 Å². The van der Waals surface area contributed by atoms with E-state index in [1.54, 1.807) is 19.3 Å². The maximum absolute atomic E-state index is 12.9. The molecule has 1 spiro atoms. The summed E-state index contributed by atoms with van der Waals surface area (Å²) < 4.78 is 13.0. The molecule has 4 heterocycles. The van der Waals surface area contributed by atoms with E-state index in [4.69, 9.17) is 9.47 Å². The molecule has 3 amide bonds. The van der Waals surface area contributed by atoms with Crippen LogP contribution in [-0.4, -0.2) is 91.8 Å². The summed E-state index contributed by atoms with van der Waals surface area (Å²) >= 11 is 0. The number of amides is 3. The zero-order valence-electron chi connectivity index (χ0n) is 18.1. The van der Waals surface area contributed by atoms with Crippen molar-refractivity contribution in [2.24, 2.45) is 0 Å². The molecule has 0 atom stereocenters. The van der Waals surface area contributed by atoms with Gasteiger partial charge in [0.15, 0.2) is 0 Å². The number of hydrogen-bond donors (Lipinski definition) is 0. The second-order valence-electron chi connectivity index (χ2n) is 9.28. The number of hydrogen-bond acceptors (Lipinski definition) is 7. The van der Waals surface area contributed by atoms with Crippen LogP contribution in [0.2, 0.25) is 0 Å². The van der Waals surface area contributed by atoms with Crippen LogP contribution in [0, 0.1) is 10.1 Å². The molecule has 12 heteroatoms. The summed E-state index contributed by atoms with van der Waals surface area (Å²) in [5, 5.41) is 10.9. The van der Waals surface area contributed by atoms with Gasteiger partial charge in [-0.25, -0.2) is 9.59 Å². The molecule has 2 saturated heterocycles. The van der Waals surface area contributed by atoms with E-state index in [-0.39, 0.29) is 24.0 Å². The number of carbonyl (C=O) groups excluding carboxylic acids is 2. The Kier molecular flexibility index (Phi) is 5.18. The average Bonchev–Trinajstić information content (AvgIpc) is 3.23. The number of likely N-dealkylation sites (tertiary alicyclic amines) is 1. The quantitative estimate of drug-likeness (QED) is 0.485. The highest BCUT2D eigenvalue weighted by Gasteiger charge is 2.47. The summed E-state index contributed by atoms with van der Waals surface area (Å²) in [6.07, 6.45) is 2.31. The van der Waals surface area contributed by atoms with Gasteiger partial charge in [-0.1, -0.05) is 0 Å². The molecular formula is C19H28N6O6. The fraction of sp³-hybridized carbons (Fsp3) is 0.737. The lowest BCUT2D eigenvalue weighted by Crippen LogP contribution is -2.57. The molecule has 1 aromatic heterocycles. The summed E-state index contributed by atoms with van der Waals surface area (Å²) in [6, 6.07) is 0.231. The van der Waals surface area contributed by atoms with Gasteiger partial charge < -0.3 is 34.3 Å². The number of piperazine rings is 1. The molecule has 0 bridgehead atoms. The van der Waals surface area contributed by atoms with E-state index in [0.717, 1.165) is 0 Å². The van der Waals surface area contributed by atoms with Crippen molar-refractivity contribution in [1.82, 2.24) is 24.3 Å².